The van der Waals surface area contributed by atoms with Crippen molar-refractivity contribution >= 4 is 10.8 Å². The molecule has 0 amide bonds. The molecule has 0 aliphatic carbocycles. The zero-order valence-corrected chi connectivity index (χ0v) is 8.14. The first-order chi connectivity index (χ1) is 6.81. The van der Waals surface area contributed by atoms with Crippen LogP contribution in [0.5, 0.6) is 0 Å². The largest absolute Gasteiger partial charge is 0.330 e. The van der Waals surface area contributed by atoms with Crippen LogP contribution in [0.3, 0.4) is 0 Å². The van der Waals surface area contributed by atoms with Gasteiger partial charge in [-0.2, -0.15) is 10.2 Å². The minimum atomic E-state index is 0.396. The molecule has 2 rings (SSSR count). The molecule has 0 fully saturated rings. The van der Waals surface area contributed by atoms with Crippen LogP contribution in [0.2, 0.25) is 0 Å². The summed E-state index contributed by atoms with van der Waals surface area (Å²) in [5.41, 5.74) is 6.88. The average Bonchev–Trinajstić information content (AvgIpc) is 2.27. The van der Waals surface area contributed by atoms with Gasteiger partial charge in [0.15, 0.2) is 0 Å². The first kappa shape index (κ1) is 9.09. The molecule has 0 aliphatic heterocycles. The van der Waals surface area contributed by atoms with Crippen LogP contribution < -0.4 is 5.73 Å². The number of rotatable bonds is 2. The molecule has 0 bridgehead atoms. The van der Waals surface area contributed by atoms with E-state index in [1.807, 2.05) is 0 Å². The van der Waals surface area contributed by atoms with Crippen molar-refractivity contribution in [2.75, 3.05) is 6.54 Å². The Balaban J connectivity index is 2.51. The topological polar surface area (TPSA) is 51.8 Å². The van der Waals surface area contributed by atoms with Gasteiger partial charge in [-0.05, 0) is 24.1 Å². The SMILES string of the molecule is CC(CN)c1ccc2cnncc2c1. The van der Waals surface area contributed by atoms with E-state index in [2.05, 4.69) is 35.3 Å². The van der Waals surface area contributed by atoms with E-state index in [-0.39, 0.29) is 0 Å². The molecule has 1 unspecified atom stereocenters. The predicted octanol–water partition coefficient (Wildman–Crippen LogP) is 1.69. The third-order valence-corrected chi connectivity index (χ3v) is 2.49. The Bertz CT molecular complexity index is 439. The highest BCUT2D eigenvalue weighted by Crippen LogP contribution is 2.19. The molecule has 1 aromatic heterocycles. The minimum Gasteiger partial charge on any atom is -0.330 e. The summed E-state index contributed by atoms with van der Waals surface area (Å²) in [5.74, 6) is 0.396. The van der Waals surface area contributed by atoms with Gasteiger partial charge >= 0.3 is 0 Å². The average molecular weight is 187 g/mol. The standard InChI is InChI=1S/C11H13N3/c1-8(5-12)9-2-3-10-6-13-14-7-11(10)4-9/h2-4,6-8H,5,12H2,1H3. The Hall–Kier alpha value is -1.48. The summed E-state index contributed by atoms with van der Waals surface area (Å²) in [4.78, 5) is 0. The molecule has 2 N–H and O–H groups in total. The lowest BCUT2D eigenvalue weighted by atomic mass is 9.99. The number of benzene rings is 1. The van der Waals surface area contributed by atoms with Crippen LogP contribution in [0.25, 0.3) is 10.8 Å². The van der Waals surface area contributed by atoms with Gasteiger partial charge in [-0.15, -0.1) is 0 Å². The van der Waals surface area contributed by atoms with Crippen molar-refractivity contribution in [3.05, 3.63) is 36.2 Å². The minimum absolute atomic E-state index is 0.396. The van der Waals surface area contributed by atoms with Gasteiger partial charge in [-0.3, -0.25) is 0 Å². The zero-order valence-electron chi connectivity index (χ0n) is 8.14. The molecule has 3 nitrogen and oxygen atoms in total. The molecule has 0 aliphatic rings. The van der Waals surface area contributed by atoms with Crippen LogP contribution in [-0.2, 0) is 0 Å². The summed E-state index contributed by atoms with van der Waals surface area (Å²) in [6.45, 7) is 2.79. The molecule has 1 atom stereocenters. The van der Waals surface area contributed by atoms with Gasteiger partial charge in [0.1, 0.15) is 0 Å². The number of hydrogen-bond donors (Lipinski definition) is 1. The van der Waals surface area contributed by atoms with Gasteiger partial charge in [-0.1, -0.05) is 19.1 Å². The van der Waals surface area contributed by atoms with E-state index in [0.717, 1.165) is 10.8 Å². The van der Waals surface area contributed by atoms with Gasteiger partial charge in [0.2, 0.25) is 0 Å². The zero-order chi connectivity index (χ0) is 9.97. The van der Waals surface area contributed by atoms with E-state index >= 15 is 0 Å². The summed E-state index contributed by atoms with van der Waals surface area (Å²) in [6, 6.07) is 6.29. The second-order valence-electron chi connectivity index (χ2n) is 3.51. The van der Waals surface area contributed by atoms with Gasteiger partial charge in [0.05, 0.1) is 12.4 Å². The third kappa shape index (κ3) is 1.59. The lowest BCUT2D eigenvalue weighted by Crippen LogP contribution is -2.08. The number of aromatic nitrogens is 2. The molecule has 0 spiro atoms. The molecule has 0 radical (unpaired) electrons. The molecule has 1 heterocycles. The van der Waals surface area contributed by atoms with Crippen molar-refractivity contribution in [3.63, 3.8) is 0 Å². The van der Waals surface area contributed by atoms with Crippen LogP contribution in [-0.4, -0.2) is 16.7 Å². The number of fused-ring (bicyclic) bond motifs is 1. The van der Waals surface area contributed by atoms with Crippen LogP contribution in [0.4, 0.5) is 0 Å². The first-order valence-corrected chi connectivity index (χ1v) is 4.71. The summed E-state index contributed by atoms with van der Waals surface area (Å²) >= 11 is 0. The highest BCUT2D eigenvalue weighted by Gasteiger charge is 2.03. The van der Waals surface area contributed by atoms with Crippen molar-refractivity contribution in [2.24, 2.45) is 5.73 Å². The highest BCUT2D eigenvalue weighted by molar-refractivity contribution is 5.81. The molecule has 14 heavy (non-hydrogen) atoms. The fourth-order valence-corrected chi connectivity index (χ4v) is 1.46. The van der Waals surface area contributed by atoms with Crippen molar-refractivity contribution in [3.8, 4) is 0 Å². The van der Waals surface area contributed by atoms with Crippen LogP contribution >= 0.6 is 0 Å². The van der Waals surface area contributed by atoms with Crippen molar-refractivity contribution in [1.82, 2.24) is 10.2 Å². The highest BCUT2D eigenvalue weighted by atomic mass is 15.1. The molecule has 0 saturated carbocycles. The van der Waals surface area contributed by atoms with Crippen molar-refractivity contribution in [1.29, 1.82) is 0 Å². The van der Waals surface area contributed by atoms with E-state index in [1.54, 1.807) is 12.4 Å². The van der Waals surface area contributed by atoms with E-state index in [9.17, 15) is 0 Å². The molecular weight excluding hydrogens is 174 g/mol. The number of nitrogens with two attached hydrogens (primary N) is 1. The fraction of sp³-hybridized carbons (Fsp3) is 0.273. The summed E-state index contributed by atoms with van der Waals surface area (Å²) in [5, 5.41) is 9.93. The van der Waals surface area contributed by atoms with Crippen molar-refractivity contribution in [2.45, 2.75) is 12.8 Å². The van der Waals surface area contributed by atoms with Gasteiger partial charge in [0, 0.05) is 10.8 Å². The Morgan fingerprint density at radius 2 is 1.93 bits per heavy atom. The molecule has 72 valence electrons. The van der Waals surface area contributed by atoms with E-state index < -0.39 is 0 Å². The summed E-state index contributed by atoms with van der Waals surface area (Å²) < 4.78 is 0. The number of nitrogens with zero attached hydrogens (tertiary/aromatic N) is 2. The van der Waals surface area contributed by atoms with Crippen molar-refractivity contribution < 1.29 is 0 Å². The van der Waals surface area contributed by atoms with E-state index in [1.165, 1.54) is 5.56 Å². The van der Waals surface area contributed by atoms with Crippen LogP contribution in [0.15, 0.2) is 30.6 Å². The monoisotopic (exact) mass is 187 g/mol. The molecule has 2 aromatic rings. The van der Waals surface area contributed by atoms with Crippen LogP contribution in [0.1, 0.15) is 18.4 Å². The summed E-state index contributed by atoms with van der Waals surface area (Å²) in [7, 11) is 0. The van der Waals surface area contributed by atoms with E-state index in [4.69, 9.17) is 5.73 Å². The quantitative estimate of drug-likeness (QED) is 0.778. The third-order valence-electron chi connectivity index (χ3n) is 2.49. The Labute approximate surface area is 83.0 Å². The maximum atomic E-state index is 5.62. The lowest BCUT2D eigenvalue weighted by Gasteiger charge is -2.09. The van der Waals surface area contributed by atoms with Gasteiger partial charge in [-0.25, -0.2) is 0 Å². The normalized spacial score (nSPS) is 13.0. The first-order valence-electron chi connectivity index (χ1n) is 4.71. The fourth-order valence-electron chi connectivity index (χ4n) is 1.46. The lowest BCUT2D eigenvalue weighted by molar-refractivity contribution is 0.775. The smallest absolute Gasteiger partial charge is 0.0574 e. The predicted molar refractivity (Wildman–Crippen MR) is 57.0 cm³/mol. The Morgan fingerprint density at radius 3 is 2.64 bits per heavy atom. The number of hydrogen-bond acceptors (Lipinski definition) is 3. The molecule has 3 heteroatoms. The molecular formula is C11H13N3. The summed E-state index contributed by atoms with van der Waals surface area (Å²) in [6.07, 6.45) is 3.55. The second kappa shape index (κ2) is 3.72. The Morgan fingerprint density at radius 1 is 1.21 bits per heavy atom. The second-order valence-corrected chi connectivity index (χ2v) is 3.51. The Kier molecular flexibility index (Phi) is 2.41. The molecule has 0 saturated heterocycles. The van der Waals surface area contributed by atoms with Gasteiger partial charge in [0.25, 0.3) is 0 Å². The van der Waals surface area contributed by atoms with Crippen LogP contribution in [0, 0.1) is 0 Å². The van der Waals surface area contributed by atoms with Gasteiger partial charge < -0.3 is 5.73 Å². The maximum Gasteiger partial charge on any atom is 0.0574 e. The molecule has 1 aromatic carbocycles. The maximum absolute atomic E-state index is 5.62. The van der Waals surface area contributed by atoms with E-state index in [0.29, 0.717) is 12.5 Å².